The van der Waals surface area contributed by atoms with Gasteiger partial charge in [0.1, 0.15) is 0 Å². The molecule has 1 unspecified atom stereocenters. The molecule has 1 aliphatic heterocycles. The van der Waals surface area contributed by atoms with E-state index < -0.39 is 0 Å². The number of hydrogen-bond donors (Lipinski definition) is 0. The molecule has 1 aromatic carbocycles. The molecular weight excluding hydrogens is 260 g/mol. The highest BCUT2D eigenvalue weighted by molar-refractivity contribution is 6.00. The van der Waals surface area contributed by atoms with Crippen LogP contribution in [0.5, 0.6) is 0 Å². The van der Waals surface area contributed by atoms with E-state index in [0.717, 1.165) is 55.4 Å². The molecule has 3 rings (SSSR count). The molecule has 2 heterocycles. The van der Waals surface area contributed by atoms with Gasteiger partial charge in [0, 0.05) is 29.6 Å². The summed E-state index contributed by atoms with van der Waals surface area (Å²) in [7, 11) is 0. The van der Waals surface area contributed by atoms with Crippen LogP contribution in [0.4, 0.5) is 0 Å². The number of likely N-dealkylation sites (tertiary alicyclic amines) is 1. The van der Waals surface area contributed by atoms with Crippen molar-refractivity contribution in [2.75, 3.05) is 19.6 Å². The van der Waals surface area contributed by atoms with Crippen LogP contribution in [0, 0.1) is 5.92 Å². The minimum absolute atomic E-state index is 0.152. The van der Waals surface area contributed by atoms with Crippen LogP contribution in [0.3, 0.4) is 0 Å². The van der Waals surface area contributed by atoms with Crippen LogP contribution in [-0.4, -0.2) is 35.3 Å². The molecule has 1 atom stereocenters. The molecule has 1 saturated heterocycles. The van der Waals surface area contributed by atoms with Gasteiger partial charge in [-0.05, 0) is 56.6 Å². The van der Waals surface area contributed by atoms with E-state index in [4.69, 9.17) is 0 Å². The number of Topliss-reactive ketones (excluding diaryl/α,β-unsaturated/α-hetero) is 1. The molecule has 21 heavy (non-hydrogen) atoms. The number of rotatable bonds is 4. The Labute approximate surface area is 126 Å². The predicted molar refractivity (Wildman–Crippen MR) is 85.5 cm³/mol. The number of nitrogens with zero attached hydrogens (tertiary/aromatic N) is 2. The van der Waals surface area contributed by atoms with E-state index in [2.05, 4.69) is 16.8 Å². The van der Waals surface area contributed by atoms with Crippen LogP contribution >= 0.6 is 0 Å². The first kappa shape index (κ1) is 14.2. The Balaban J connectivity index is 1.79. The number of carbonyl (C=O) groups excluding carboxylic acids is 1. The van der Waals surface area contributed by atoms with Gasteiger partial charge in [0.15, 0.2) is 5.78 Å². The second-order valence-electron chi connectivity index (χ2n) is 5.91. The number of piperidine rings is 1. The second-order valence-corrected chi connectivity index (χ2v) is 5.91. The van der Waals surface area contributed by atoms with Crippen molar-refractivity contribution in [1.82, 2.24) is 9.88 Å². The van der Waals surface area contributed by atoms with E-state index in [9.17, 15) is 4.79 Å². The molecule has 3 nitrogen and oxygen atoms in total. The topological polar surface area (TPSA) is 33.2 Å². The lowest BCUT2D eigenvalue weighted by Gasteiger charge is -2.31. The van der Waals surface area contributed by atoms with Crippen LogP contribution < -0.4 is 0 Å². The van der Waals surface area contributed by atoms with Crippen molar-refractivity contribution < 1.29 is 4.79 Å². The molecule has 0 saturated carbocycles. The lowest BCUT2D eigenvalue weighted by molar-refractivity contribution is 0.0820. The minimum Gasteiger partial charge on any atom is -0.303 e. The normalized spacial score (nSPS) is 19.8. The fraction of sp³-hybridized carbons (Fsp3) is 0.444. The van der Waals surface area contributed by atoms with Crippen molar-refractivity contribution in [3.8, 4) is 0 Å². The fourth-order valence-corrected chi connectivity index (χ4v) is 3.25. The zero-order valence-corrected chi connectivity index (χ0v) is 12.6. The van der Waals surface area contributed by atoms with E-state index in [1.54, 1.807) is 6.20 Å². The van der Waals surface area contributed by atoms with E-state index >= 15 is 0 Å². The molecule has 110 valence electrons. The molecule has 0 radical (unpaired) electrons. The number of pyridine rings is 1. The predicted octanol–water partition coefficient (Wildman–Crippen LogP) is 3.54. The molecule has 0 aliphatic carbocycles. The van der Waals surface area contributed by atoms with Crippen molar-refractivity contribution in [2.24, 2.45) is 5.92 Å². The maximum absolute atomic E-state index is 12.7. The number of fused-ring (bicyclic) bond motifs is 1. The number of hydrogen-bond acceptors (Lipinski definition) is 3. The summed E-state index contributed by atoms with van der Waals surface area (Å²) in [5, 5.41) is 1.05. The second kappa shape index (κ2) is 6.35. The number of aromatic nitrogens is 1. The zero-order valence-electron chi connectivity index (χ0n) is 12.6. The fourth-order valence-electron chi connectivity index (χ4n) is 3.25. The van der Waals surface area contributed by atoms with Crippen LogP contribution in [0.15, 0.2) is 36.5 Å². The van der Waals surface area contributed by atoms with E-state index in [0.29, 0.717) is 5.78 Å². The Kier molecular flexibility index (Phi) is 4.30. The summed E-state index contributed by atoms with van der Waals surface area (Å²) in [5.74, 6) is 0.445. The van der Waals surface area contributed by atoms with Crippen molar-refractivity contribution in [3.05, 3.63) is 42.1 Å². The van der Waals surface area contributed by atoms with Gasteiger partial charge in [0.05, 0.1) is 5.52 Å². The SMILES string of the molecule is CCCN1CCCC(C(=O)c2ccc3ncccc3c2)C1. The first-order valence-electron chi connectivity index (χ1n) is 7.89. The lowest BCUT2D eigenvalue weighted by Crippen LogP contribution is -2.39. The Morgan fingerprint density at radius 2 is 2.29 bits per heavy atom. The summed E-state index contributed by atoms with van der Waals surface area (Å²) in [6.45, 7) is 5.35. The van der Waals surface area contributed by atoms with E-state index in [1.807, 2.05) is 30.3 Å². The third-order valence-electron chi connectivity index (χ3n) is 4.30. The summed E-state index contributed by atoms with van der Waals surface area (Å²) < 4.78 is 0. The number of ketones is 1. The monoisotopic (exact) mass is 282 g/mol. The quantitative estimate of drug-likeness (QED) is 0.804. The Bertz CT molecular complexity index is 636. The maximum atomic E-state index is 12.7. The standard InChI is InChI=1S/C18H22N2O/c1-2-10-20-11-4-6-16(13-20)18(21)15-7-8-17-14(12-15)5-3-9-19-17/h3,5,7-9,12,16H,2,4,6,10-11,13H2,1H3. The van der Waals surface area contributed by atoms with E-state index in [1.165, 1.54) is 0 Å². The van der Waals surface area contributed by atoms with Gasteiger partial charge in [0.25, 0.3) is 0 Å². The third-order valence-corrected chi connectivity index (χ3v) is 4.30. The molecule has 1 fully saturated rings. The van der Waals surface area contributed by atoms with Crippen LogP contribution in [0.1, 0.15) is 36.5 Å². The van der Waals surface area contributed by atoms with Crippen molar-refractivity contribution in [1.29, 1.82) is 0 Å². The molecule has 0 spiro atoms. The molecule has 1 aliphatic rings. The number of benzene rings is 1. The van der Waals surface area contributed by atoms with Gasteiger partial charge in [-0.15, -0.1) is 0 Å². The Hall–Kier alpha value is -1.74. The molecular formula is C18H22N2O. The zero-order chi connectivity index (χ0) is 14.7. The maximum Gasteiger partial charge on any atom is 0.167 e. The molecule has 3 heteroatoms. The van der Waals surface area contributed by atoms with Crippen molar-refractivity contribution >= 4 is 16.7 Å². The summed E-state index contributed by atoms with van der Waals surface area (Å²) >= 11 is 0. The average molecular weight is 282 g/mol. The first-order valence-corrected chi connectivity index (χ1v) is 7.89. The highest BCUT2D eigenvalue weighted by Crippen LogP contribution is 2.23. The van der Waals surface area contributed by atoms with Crippen LogP contribution in [-0.2, 0) is 0 Å². The largest absolute Gasteiger partial charge is 0.303 e. The molecule has 0 bridgehead atoms. The van der Waals surface area contributed by atoms with Crippen LogP contribution in [0.2, 0.25) is 0 Å². The summed E-state index contributed by atoms with van der Waals surface area (Å²) in [5.41, 5.74) is 1.78. The first-order chi connectivity index (χ1) is 10.3. The average Bonchev–Trinajstić information content (AvgIpc) is 2.54. The smallest absolute Gasteiger partial charge is 0.167 e. The van der Waals surface area contributed by atoms with Gasteiger partial charge in [-0.1, -0.05) is 13.0 Å². The van der Waals surface area contributed by atoms with E-state index in [-0.39, 0.29) is 5.92 Å². The molecule has 2 aromatic rings. The van der Waals surface area contributed by atoms with Crippen LogP contribution in [0.25, 0.3) is 10.9 Å². The highest BCUT2D eigenvalue weighted by atomic mass is 16.1. The Morgan fingerprint density at radius 3 is 3.14 bits per heavy atom. The molecule has 0 N–H and O–H groups in total. The summed E-state index contributed by atoms with van der Waals surface area (Å²) in [6.07, 6.45) is 5.09. The van der Waals surface area contributed by atoms with Gasteiger partial charge >= 0.3 is 0 Å². The van der Waals surface area contributed by atoms with Gasteiger partial charge in [-0.2, -0.15) is 0 Å². The third kappa shape index (κ3) is 3.13. The number of carbonyl (C=O) groups is 1. The highest BCUT2D eigenvalue weighted by Gasteiger charge is 2.26. The molecule has 1 aromatic heterocycles. The summed E-state index contributed by atoms with van der Waals surface area (Å²) in [6, 6.07) is 9.80. The van der Waals surface area contributed by atoms with Gasteiger partial charge in [-0.25, -0.2) is 0 Å². The minimum atomic E-state index is 0.152. The Morgan fingerprint density at radius 1 is 1.38 bits per heavy atom. The lowest BCUT2D eigenvalue weighted by atomic mass is 9.89. The molecule has 0 amide bonds. The van der Waals surface area contributed by atoms with Gasteiger partial charge < -0.3 is 4.90 Å². The van der Waals surface area contributed by atoms with Gasteiger partial charge in [0.2, 0.25) is 0 Å². The summed E-state index contributed by atoms with van der Waals surface area (Å²) in [4.78, 5) is 19.5. The van der Waals surface area contributed by atoms with Crippen molar-refractivity contribution in [3.63, 3.8) is 0 Å². The van der Waals surface area contributed by atoms with Crippen molar-refractivity contribution in [2.45, 2.75) is 26.2 Å². The van der Waals surface area contributed by atoms with Gasteiger partial charge in [-0.3, -0.25) is 9.78 Å².